The molecule has 3 aromatic rings. The van der Waals surface area contributed by atoms with Crippen molar-refractivity contribution < 1.29 is 36.6 Å². The number of benzene rings is 3. The standard InChI is InChI=1S/C31H37ClFN3O7S/c1-20(30(38)34-31(2,3)4)35(18-21-10-8-9-11-24(21)33)29(37)19-36(25-16-22(32)12-14-26(25)41-5)44(39,40)23-13-15-27(42-6)28(17-23)43-7/h8-17,20H,18-19H2,1-7H3,(H,34,38)/t20-/m1/s1. The Morgan fingerprint density at radius 3 is 2.14 bits per heavy atom. The van der Waals surface area contributed by atoms with E-state index in [0.29, 0.717) is 5.75 Å². The SMILES string of the molecule is COc1ccc(S(=O)(=O)N(CC(=O)N(Cc2ccccc2F)[C@H](C)C(=O)NC(C)(C)C)c2cc(Cl)ccc2OC)cc1OC. The van der Waals surface area contributed by atoms with Crippen LogP contribution in [0.25, 0.3) is 0 Å². The molecule has 0 saturated heterocycles. The largest absolute Gasteiger partial charge is 0.495 e. The van der Waals surface area contributed by atoms with Crippen molar-refractivity contribution in [2.75, 3.05) is 32.2 Å². The molecule has 0 aliphatic heterocycles. The molecule has 13 heteroatoms. The van der Waals surface area contributed by atoms with Gasteiger partial charge in [0.25, 0.3) is 10.0 Å². The fraction of sp³-hybridized carbons (Fsp3) is 0.355. The molecule has 1 atom stereocenters. The van der Waals surface area contributed by atoms with Crippen LogP contribution in [0.15, 0.2) is 65.6 Å². The van der Waals surface area contributed by atoms with Crippen molar-refractivity contribution in [3.63, 3.8) is 0 Å². The minimum absolute atomic E-state index is 0.0271. The van der Waals surface area contributed by atoms with E-state index in [1.165, 1.54) is 82.9 Å². The van der Waals surface area contributed by atoms with Gasteiger partial charge in [-0.25, -0.2) is 12.8 Å². The van der Waals surface area contributed by atoms with Crippen LogP contribution in [-0.2, 0) is 26.2 Å². The second kappa shape index (κ2) is 14.2. The molecular formula is C31H37ClFN3O7S. The number of sulfonamides is 1. The van der Waals surface area contributed by atoms with Crippen molar-refractivity contribution >= 4 is 39.1 Å². The summed E-state index contributed by atoms with van der Waals surface area (Å²) in [6.45, 7) is 5.75. The highest BCUT2D eigenvalue weighted by Gasteiger charge is 2.35. The van der Waals surface area contributed by atoms with E-state index < -0.39 is 45.8 Å². The maximum atomic E-state index is 14.8. The van der Waals surface area contributed by atoms with E-state index in [1.807, 2.05) is 0 Å². The third-order valence-corrected chi connectivity index (χ3v) is 8.59. The highest BCUT2D eigenvalue weighted by molar-refractivity contribution is 7.92. The van der Waals surface area contributed by atoms with Crippen LogP contribution < -0.4 is 23.8 Å². The Hall–Kier alpha value is -4.03. The van der Waals surface area contributed by atoms with Gasteiger partial charge in [0.1, 0.15) is 24.2 Å². The topological polar surface area (TPSA) is 114 Å². The molecule has 2 amide bonds. The number of carbonyl (C=O) groups is 2. The lowest BCUT2D eigenvalue weighted by atomic mass is 10.1. The lowest BCUT2D eigenvalue weighted by Gasteiger charge is -2.34. The Labute approximate surface area is 262 Å². The molecule has 10 nitrogen and oxygen atoms in total. The minimum atomic E-state index is -4.51. The van der Waals surface area contributed by atoms with Gasteiger partial charge < -0.3 is 24.4 Å². The average Bonchev–Trinajstić information content (AvgIpc) is 2.97. The maximum absolute atomic E-state index is 14.8. The summed E-state index contributed by atoms with van der Waals surface area (Å²) in [7, 11) is -0.389. The van der Waals surface area contributed by atoms with Crippen LogP contribution in [0.4, 0.5) is 10.1 Å². The molecule has 0 aliphatic rings. The monoisotopic (exact) mass is 649 g/mol. The molecule has 3 rings (SSSR count). The number of amides is 2. The van der Waals surface area contributed by atoms with Crippen LogP contribution in [0.2, 0.25) is 5.02 Å². The second-order valence-corrected chi connectivity index (χ2v) is 13.2. The number of halogens is 2. The number of hydrogen-bond donors (Lipinski definition) is 1. The van der Waals surface area contributed by atoms with Crippen LogP contribution in [0.1, 0.15) is 33.3 Å². The highest BCUT2D eigenvalue weighted by Crippen LogP contribution is 2.37. The first kappa shape index (κ1) is 34.5. The molecule has 0 aliphatic carbocycles. The first-order chi connectivity index (χ1) is 20.6. The fourth-order valence-corrected chi connectivity index (χ4v) is 5.94. The van der Waals surface area contributed by atoms with Crippen LogP contribution >= 0.6 is 11.6 Å². The maximum Gasteiger partial charge on any atom is 0.265 e. The van der Waals surface area contributed by atoms with Crippen molar-refractivity contribution in [1.82, 2.24) is 10.2 Å². The second-order valence-electron chi connectivity index (χ2n) is 10.9. The number of ether oxygens (including phenoxy) is 3. The smallest absolute Gasteiger partial charge is 0.265 e. The zero-order valence-corrected chi connectivity index (χ0v) is 27.3. The fourth-order valence-electron chi connectivity index (χ4n) is 4.34. The summed E-state index contributed by atoms with van der Waals surface area (Å²) in [4.78, 5) is 28.3. The first-order valence-electron chi connectivity index (χ1n) is 13.6. The van der Waals surface area contributed by atoms with Gasteiger partial charge in [-0.05, 0) is 64.1 Å². The predicted molar refractivity (Wildman–Crippen MR) is 166 cm³/mol. The zero-order valence-electron chi connectivity index (χ0n) is 25.7. The molecule has 0 radical (unpaired) electrons. The Kier molecular flexibility index (Phi) is 11.1. The van der Waals surface area contributed by atoms with Crippen molar-refractivity contribution in [1.29, 1.82) is 0 Å². The zero-order chi connectivity index (χ0) is 32.8. The Morgan fingerprint density at radius 1 is 0.932 bits per heavy atom. The van der Waals surface area contributed by atoms with Crippen molar-refractivity contribution in [2.45, 2.75) is 50.7 Å². The highest BCUT2D eigenvalue weighted by atomic mass is 35.5. The van der Waals surface area contributed by atoms with E-state index in [0.717, 1.165) is 9.21 Å². The van der Waals surface area contributed by atoms with Gasteiger partial charge in [0.2, 0.25) is 11.8 Å². The van der Waals surface area contributed by atoms with Crippen LogP contribution in [0.3, 0.4) is 0 Å². The molecule has 0 heterocycles. The van der Waals surface area contributed by atoms with Crippen molar-refractivity contribution in [3.05, 3.63) is 77.1 Å². The average molecular weight is 650 g/mol. The van der Waals surface area contributed by atoms with Gasteiger partial charge in [-0.2, -0.15) is 0 Å². The number of anilines is 1. The summed E-state index contributed by atoms with van der Waals surface area (Å²) >= 11 is 6.28. The van der Waals surface area contributed by atoms with Crippen molar-refractivity contribution in [2.24, 2.45) is 0 Å². The van der Waals surface area contributed by atoms with E-state index in [4.69, 9.17) is 25.8 Å². The van der Waals surface area contributed by atoms with E-state index in [1.54, 1.807) is 26.8 Å². The summed E-state index contributed by atoms with van der Waals surface area (Å²) in [6.07, 6.45) is 0. The summed E-state index contributed by atoms with van der Waals surface area (Å²) in [6, 6.07) is 13.0. The number of nitrogens with one attached hydrogen (secondary N) is 1. The molecule has 0 fully saturated rings. The molecule has 1 N–H and O–H groups in total. The van der Waals surface area contributed by atoms with Gasteiger partial charge in [0.05, 0.1) is 31.9 Å². The Morgan fingerprint density at radius 2 is 1.55 bits per heavy atom. The summed E-state index contributed by atoms with van der Waals surface area (Å²) in [5, 5.41) is 3.01. The molecule has 3 aromatic carbocycles. The van der Waals surface area contributed by atoms with Gasteiger partial charge in [-0.15, -0.1) is 0 Å². The van der Waals surface area contributed by atoms with Gasteiger partial charge in [0, 0.05) is 28.7 Å². The Balaban J connectivity index is 2.17. The lowest BCUT2D eigenvalue weighted by molar-refractivity contribution is -0.140. The third kappa shape index (κ3) is 8.11. The molecule has 0 unspecified atom stereocenters. The normalized spacial score (nSPS) is 12.2. The van der Waals surface area contributed by atoms with E-state index in [-0.39, 0.29) is 39.2 Å². The molecule has 0 aromatic heterocycles. The number of hydrogen-bond acceptors (Lipinski definition) is 7. The van der Waals surface area contributed by atoms with Gasteiger partial charge in [0.15, 0.2) is 11.5 Å². The minimum Gasteiger partial charge on any atom is -0.495 e. The first-order valence-corrected chi connectivity index (χ1v) is 15.4. The lowest BCUT2D eigenvalue weighted by Crippen LogP contribution is -2.54. The third-order valence-electron chi connectivity index (χ3n) is 6.60. The van der Waals surface area contributed by atoms with E-state index in [9.17, 15) is 22.4 Å². The van der Waals surface area contributed by atoms with Crippen molar-refractivity contribution in [3.8, 4) is 17.2 Å². The number of nitrogens with zero attached hydrogens (tertiary/aromatic N) is 2. The quantitative estimate of drug-likeness (QED) is 0.293. The number of rotatable bonds is 12. The van der Waals surface area contributed by atoms with Gasteiger partial charge in [-0.1, -0.05) is 29.8 Å². The molecule has 0 spiro atoms. The molecule has 0 bridgehead atoms. The molecule has 238 valence electrons. The molecular weight excluding hydrogens is 613 g/mol. The van der Waals surface area contributed by atoms with Crippen LogP contribution in [0.5, 0.6) is 17.2 Å². The van der Waals surface area contributed by atoms with E-state index in [2.05, 4.69) is 5.32 Å². The summed E-state index contributed by atoms with van der Waals surface area (Å²) < 4.78 is 60.1. The number of carbonyl (C=O) groups excluding carboxylic acids is 2. The molecule has 44 heavy (non-hydrogen) atoms. The predicted octanol–water partition coefficient (Wildman–Crippen LogP) is 5.03. The van der Waals surface area contributed by atoms with Crippen LogP contribution in [-0.4, -0.2) is 64.6 Å². The number of methoxy groups -OCH3 is 3. The Bertz CT molecular complexity index is 1610. The molecule has 0 saturated carbocycles. The summed E-state index contributed by atoms with van der Waals surface area (Å²) in [5.41, 5.74) is -0.513. The van der Waals surface area contributed by atoms with Crippen LogP contribution in [0, 0.1) is 5.82 Å². The summed E-state index contributed by atoms with van der Waals surface area (Å²) in [5.74, 6) is -1.31. The van der Waals surface area contributed by atoms with Gasteiger partial charge in [-0.3, -0.25) is 13.9 Å². The van der Waals surface area contributed by atoms with Gasteiger partial charge >= 0.3 is 0 Å². The van der Waals surface area contributed by atoms with E-state index >= 15 is 0 Å².